The van der Waals surface area contributed by atoms with Gasteiger partial charge in [0.15, 0.2) is 0 Å². The summed E-state index contributed by atoms with van der Waals surface area (Å²) in [6, 6.07) is 6.29. The molecule has 2 heteroatoms. The van der Waals surface area contributed by atoms with Gasteiger partial charge in [-0.1, -0.05) is 6.08 Å². The van der Waals surface area contributed by atoms with Crippen LogP contribution in [0.25, 0.3) is 0 Å². The van der Waals surface area contributed by atoms with Crippen molar-refractivity contribution in [3.8, 4) is 0 Å². The lowest BCUT2D eigenvalue weighted by molar-refractivity contribution is 0.669. The minimum Gasteiger partial charge on any atom is -0.399 e. The molecule has 0 amide bonds. The van der Waals surface area contributed by atoms with Crippen molar-refractivity contribution in [2.45, 2.75) is 25.7 Å². The highest BCUT2D eigenvalue weighted by atomic mass is 15.1. The molecule has 0 saturated carbocycles. The summed E-state index contributed by atoms with van der Waals surface area (Å²) in [5.74, 6) is 0. The Balaban J connectivity index is 2.10. The van der Waals surface area contributed by atoms with Crippen LogP contribution < -0.4 is 10.6 Å². The van der Waals surface area contributed by atoms with Gasteiger partial charge in [-0.15, -0.1) is 6.58 Å². The van der Waals surface area contributed by atoms with Gasteiger partial charge in [-0.05, 0) is 49.4 Å². The van der Waals surface area contributed by atoms with E-state index in [0.29, 0.717) is 0 Å². The van der Waals surface area contributed by atoms with Crippen LogP contribution in [0.5, 0.6) is 0 Å². The van der Waals surface area contributed by atoms with Gasteiger partial charge in [0.05, 0.1) is 0 Å². The van der Waals surface area contributed by atoms with Crippen LogP contribution in [0.15, 0.2) is 30.9 Å². The number of allylic oxidation sites excluding steroid dienone is 1. The lowest BCUT2D eigenvalue weighted by Crippen LogP contribution is -2.30. The molecule has 0 radical (unpaired) electrons. The highest BCUT2D eigenvalue weighted by molar-refractivity contribution is 5.61. The molecule has 0 unspecified atom stereocenters. The molecular weight excluding hydrogens is 196 g/mol. The molecule has 0 saturated heterocycles. The monoisotopic (exact) mass is 216 g/mol. The van der Waals surface area contributed by atoms with Gasteiger partial charge in [0.1, 0.15) is 0 Å². The van der Waals surface area contributed by atoms with E-state index in [-0.39, 0.29) is 0 Å². The van der Waals surface area contributed by atoms with Crippen LogP contribution in [0, 0.1) is 0 Å². The fourth-order valence-corrected chi connectivity index (χ4v) is 2.35. The summed E-state index contributed by atoms with van der Waals surface area (Å²) in [6.45, 7) is 6.07. The Bertz CT molecular complexity index is 371. The predicted octanol–water partition coefficient (Wildman–Crippen LogP) is 2.99. The molecule has 2 nitrogen and oxygen atoms in total. The summed E-state index contributed by atoms with van der Waals surface area (Å²) in [6.07, 6.45) is 6.69. The van der Waals surface area contributed by atoms with Gasteiger partial charge in [-0.25, -0.2) is 0 Å². The molecule has 1 aliphatic rings. The third-order valence-corrected chi connectivity index (χ3v) is 3.15. The Morgan fingerprint density at radius 3 is 3.12 bits per heavy atom. The standard InChI is InChI=1S/C14H20N2/c1-2-3-4-9-16-10-5-6-12-11-13(15)7-8-14(12)16/h2,7-8,11H,1,3-6,9-10,15H2. The van der Waals surface area contributed by atoms with Gasteiger partial charge in [0.2, 0.25) is 0 Å². The van der Waals surface area contributed by atoms with Gasteiger partial charge in [-0.3, -0.25) is 0 Å². The van der Waals surface area contributed by atoms with Crippen molar-refractivity contribution in [2.24, 2.45) is 0 Å². The van der Waals surface area contributed by atoms with Crippen molar-refractivity contribution in [2.75, 3.05) is 23.7 Å². The topological polar surface area (TPSA) is 29.3 Å². The fourth-order valence-electron chi connectivity index (χ4n) is 2.35. The highest BCUT2D eigenvalue weighted by Gasteiger charge is 2.15. The minimum atomic E-state index is 0.881. The zero-order valence-electron chi connectivity index (χ0n) is 9.78. The first kappa shape index (κ1) is 11.1. The van der Waals surface area contributed by atoms with Gasteiger partial charge < -0.3 is 10.6 Å². The van der Waals surface area contributed by atoms with Crippen LogP contribution >= 0.6 is 0 Å². The second-order valence-electron chi connectivity index (χ2n) is 4.41. The minimum absolute atomic E-state index is 0.881. The average molecular weight is 216 g/mol. The largest absolute Gasteiger partial charge is 0.399 e. The van der Waals surface area contributed by atoms with E-state index in [4.69, 9.17) is 5.73 Å². The maximum absolute atomic E-state index is 5.82. The second kappa shape index (κ2) is 5.06. The number of hydrogen-bond acceptors (Lipinski definition) is 2. The van der Waals surface area contributed by atoms with Crippen LogP contribution in [0.4, 0.5) is 11.4 Å². The van der Waals surface area contributed by atoms with E-state index >= 15 is 0 Å². The SMILES string of the molecule is C=CCCCN1CCCc2cc(N)ccc21. The maximum Gasteiger partial charge on any atom is 0.0400 e. The second-order valence-corrected chi connectivity index (χ2v) is 4.41. The number of rotatable bonds is 4. The van der Waals surface area contributed by atoms with Crippen LogP contribution in [0.1, 0.15) is 24.8 Å². The first-order valence-electron chi connectivity index (χ1n) is 6.05. The maximum atomic E-state index is 5.82. The highest BCUT2D eigenvalue weighted by Crippen LogP contribution is 2.28. The predicted molar refractivity (Wildman–Crippen MR) is 70.8 cm³/mol. The van der Waals surface area contributed by atoms with E-state index in [1.54, 1.807) is 0 Å². The van der Waals surface area contributed by atoms with E-state index < -0.39 is 0 Å². The molecular formula is C14H20N2. The van der Waals surface area contributed by atoms with Gasteiger partial charge in [0, 0.05) is 24.5 Å². The molecule has 1 aromatic rings. The van der Waals surface area contributed by atoms with Crippen molar-refractivity contribution < 1.29 is 0 Å². The van der Waals surface area contributed by atoms with Gasteiger partial charge >= 0.3 is 0 Å². The molecule has 0 atom stereocenters. The number of benzene rings is 1. The molecule has 2 N–H and O–H groups in total. The molecule has 1 aliphatic heterocycles. The summed E-state index contributed by atoms with van der Waals surface area (Å²) >= 11 is 0. The zero-order valence-corrected chi connectivity index (χ0v) is 9.78. The van der Waals surface area contributed by atoms with E-state index in [9.17, 15) is 0 Å². The van der Waals surface area contributed by atoms with Crippen molar-refractivity contribution in [1.82, 2.24) is 0 Å². The van der Waals surface area contributed by atoms with Crippen LogP contribution in [0.3, 0.4) is 0 Å². The number of unbranched alkanes of at least 4 members (excludes halogenated alkanes) is 1. The van der Waals surface area contributed by atoms with Gasteiger partial charge in [-0.2, -0.15) is 0 Å². The molecule has 1 heterocycles. The van der Waals surface area contributed by atoms with Crippen molar-refractivity contribution in [3.05, 3.63) is 36.4 Å². The Hall–Kier alpha value is -1.44. The first-order valence-corrected chi connectivity index (χ1v) is 6.05. The molecule has 2 rings (SSSR count). The number of aryl methyl sites for hydroxylation is 1. The number of nitrogen functional groups attached to an aromatic ring is 1. The normalized spacial score (nSPS) is 14.6. The fraction of sp³-hybridized carbons (Fsp3) is 0.429. The molecule has 0 spiro atoms. The molecule has 0 aliphatic carbocycles. The summed E-state index contributed by atoms with van der Waals surface area (Å²) in [4.78, 5) is 2.47. The molecule has 86 valence electrons. The van der Waals surface area contributed by atoms with E-state index in [2.05, 4.69) is 23.6 Å². The number of hydrogen-bond donors (Lipinski definition) is 1. The van der Waals surface area contributed by atoms with Crippen LogP contribution in [0.2, 0.25) is 0 Å². The molecule has 0 aromatic heterocycles. The van der Waals surface area contributed by atoms with E-state index in [0.717, 1.165) is 18.7 Å². The first-order chi connectivity index (χ1) is 7.81. The van der Waals surface area contributed by atoms with Crippen molar-refractivity contribution in [3.63, 3.8) is 0 Å². The molecule has 1 aromatic carbocycles. The van der Waals surface area contributed by atoms with Gasteiger partial charge in [0.25, 0.3) is 0 Å². The summed E-state index contributed by atoms with van der Waals surface area (Å²) in [5.41, 5.74) is 9.48. The molecule has 0 bridgehead atoms. The van der Waals surface area contributed by atoms with Crippen molar-refractivity contribution in [1.29, 1.82) is 0 Å². The van der Waals surface area contributed by atoms with E-state index in [1.807, 2.05) is 12.1 Å². The molecule has 0 fully saturated rings. The third kappa shape index (κ3) is 2.38. The Morgan fingerprint density at radius 1 is 1.44 bits per heavy atom. The number of nitrogens with two attached hydrogens (primary N) is 1. The lowest BCUT2D eigenvalue weighted by atomic mass is 10.0. The summed E-state index contributed by atoms with van der Waals surface area (Å²) in [5, 5.41) is 0. The number of fused-ring (bicyclic) bond motifs is 1. The Labute approximate surface area is 97.8 Å². The Kier molecular flexibility index (Phi) is 3.50. The van der Waals surface area contributed by atoms with Crippen LogP contribution in [-0.2, 0) is 6.42 Å². The molecule has 16 heavy (non-hydrogen) atoms. The average Bonchev–Trinajstić information content (AvgIpc) is 2.29. The van der Waals surface area contributed by atoms with E-state index in [1.165, 1.54) is 37.1 Å². The lowest BCUT2D eigenvalue weighted by Gasteiger charge is -2.31. The van der Waals surface area contributed by atoms with Crippen LogP contribution in [-0.4, -0.2) is 13.1 Å². The smallest absolute Gasteiger partial charge is 0.0400 e. The number of anilines is 2. The summed E-state index contributed by atoms with van der Waals surface area (Å²) in [7, 11) is 0. The zero-order chi connectivity index (χ0) is 11.4. The third-order valence-electron chi connectivity index (χ3n) is 3.15. The number of nitrogens with zero attached hydrogens (tertiary/aromatic N) is 1. The van der Waals surface area contributed by atoms with Crippen molar-refractivity contribution >= 4 is 11.4 Å². The summed E-state index contributed by atoms with van der Waals surface area (Å²) < 4.78 is 0. The Morgan fingerprint density at radius 2 is 2.31 bits per heavy atom. The quantitative estimate of drug-likeness (QED) is 0.476.